The number of aliphatic hydroxyl groups is 1. The zero-order chi connectivity index (χ0) is 15.1. The minimum Gasteiger partial charge on any atom is -0.466 e. The molecule has 2 heterocycles. The molecule has 2 N–H and O–H groups in total. The molecule has 8 heteroatoms. The van der Waals surface area contributed by atoms with Gasteiger partial charge >= 0.3 is 0 Å². The minimum atomic E-state index is -3.75. The Morgan fingerprint density at radius 3 is 2.86 bits per heavy atom. The Balaban J connectivity index is 1.79. The van der Waals surface area contributed by atoms with Crippen LogP contribution < -0.4 is 4.72 Å². The van der Waals surface area contributed by atoms with Crippen LogP contribution in [0.4, 0.5) is 0 Å². The van der Waals surface area contributed by atoms with Crippen molar-refractivity contribution in [2.24, 2.45) is 13.0 Å². The maximum atomic E-state index is 12.2. The van der Waals surface area contributed by atoms with E-state index in [1.165, 1.54) is 18.8 Å². The van der Waals surface area contributed by atoms with Crippen LogP contribution in [-0.4, -0.2) is 29.6 Å². The first-order chi connectivity index (χ1) is 9.92. The third kappa shape index (κ3) is 2.74. The number of sulfonamides is 1. The highest BCUT2D eigenvalue weighted by atomic mass is 32.2. The molecule has 1 saturated carbocycles. The fourth-order valence-electron chi connectivity index (χ4n) is 2.33. The molecule has 3 rings (SSSR count). The summed E-state index contributed by atoms with van der Waals surface area (Å²) < 4.78 is 33.6. The first-order valence-electron chi connectivity index (χ1n) is 6.66. The predicted molar refractivity (Wildman–Crippen MR) is 73.7 cm³/mol. The van der Waals surface area contributed by atoms with Gasteiger partial charge in [0.1, 0.15) is 11.4 Å². The Kier molecular flexibility index (Phi) is 3.39. The number of rotatable bonds is 6. The number of imidazole rings is 1. The molecule has 1 aliphatic carbocycles. The number of nitrogens with one attached hydrogen (secondary N) is 1. The minimum absolute atomic E-state index is 0.00934. The first-order valence-corrected chi connectivity index (χ1v) is 8.14. The van der Waals surface area contributed by atoms with Gasteiger partial charge in [0.05, 0.1) is 12.6 Å². The lowest BCUT2D eigenvalue weighted by Gasteiger charge is -2.25. The van der Waals surface area contributed by atoms with Crippen molar-refractivity contribution in [2.45, 2.75) is 23.5 Å². The Bertz CT molecular complexity index is 718. The highest BCUT2D eigenvalue weighted by Crippen LogP contribution is 2.45. The summed E-state index contributed by atoms with van der Waals surface area (Å²) in [6, 6.07) is 3.34. The molecule has 0 unspecified atom stereocenters. The van der Waals surface area contributed by atoms with Crippen molar-refractivity contribution in [3.8, 4) is 0 Å². The van der Waals surface area contributed by atoms with Crippen LogP contribution in [0.25, 0.3) is 0 Å². The summed E-state index contributed by atoms with van der Waals surface area (Å²) in [5.74, 6) is 0.392. The molecule has 114 valence electrons. The van der Waals surface area contributed by atoms with Crippen molar-refractivity contribution in [2.75, 3.05) is 6.54 Å². The number of furan rings is 1. The van der Waals surface area contributed by atoms with Crippen molar-refractivity contribution in [3.05, 3.63) is 36.7 Å². The van der Waals surface area contributed by atoms with Gasteiger partial charge in [-0.2, -0.15) is 0 Å². The highest BCUT2D eigenvalue weighted by Gasteiger charge is 2.47. The Hall–Kier alpha value is -1.64. The molecule has 1 aliphatic rings. The molecule has 2 aromatic rings. The van der Waals surface area contributed by atoms with E-state index in [1.54, 1.807) is 23.7 Å². The number of aromatic nitrogens is 2. The maximum absolute atomic E-state index is 12.2. The monoisotopic (exact) mass is 311 g/mol. The van der Waals surface area contributed by atoms with Crippen LogP contribution in [0, 0.1) is 5.92 Å². The van der Waals surface area contributed by atoms with Gasteiger partial charge in [-0.25, -0.2) is 18.1 Å². The van der Waals surface area contributed by atoms with E-state index in [9.17, 15) is 13.5 Å². The van der Waals surface area contributed by atoms with Crippen LogP contribution in [0.2, 0.25) is 0 Å². The van der Waals surface area contributed by atoms with Crippen LogP contribution in [0.1, 0.15) is 18.6 Å². The molecule has 1 atom stereocenters. The summed E-state index contributed by atoms with van der Waals surface area (Å²) in [5, 5.41) is 10.7. The van der Waals surface area contributed by atoms with Gasteiger partial charge < -0.3 is 14.1 Å². The zero-order valence-electron chi connectivity index (χ0n) is 11.6. The summed E-state index contributed by atoms with van der Waals surface area (Å²) in [6.07, 6.45) is 5.99. The number of aryl methyl sites for hydroxylation is 1. The summed E-state index contributed by atoms with van der Waals surface area (Å²) in [6.45, 7) is -0.135. The summed E-state index contributed by atoms with van der Waals surface area (Å²) in [5.41, 5.74) is -1.31. The lowest BCUT2D eigenvalue weighted by Crippen LogP contribution is -2.42. The van der Waals surface area contributed by atoms with E-state index < -0.39 is 15.6 Å². The fraction of sp³-hybridized carbons (Fsp3) is 0.462. The zero-order valence-corrected chi connectivity index (χ0v) is 12.4. The second kappa shape index (κ2) is 4.97. The molecule has 1 fully saturated rings. The lowest BCUT2D eigenvalue weighted by molar-refractivity contribution is -0.00225. The van der Waals surface area contributed by atoms with Crippen molar-refractivity contribution >= 4 is 10.0 Å². The van der Waals surface area contributed by atoms with Gasteiger partial charge in [0.15, 0.2) is 5.03 Å². The van der Waals surface area contributed by atoms with E-state index in [2.05, 4.69) is 9.71 Å². The molecule has 21 heavy (non-hydrogen) atoms. The second-order valence-electron chi connectivity index (χ2n) is 5.38. The summed E-state index contributed by atoms with van der Waals surface area (Å²) in [4.78, 5) is 3.82. The van der Waals surface area contributed by atoms with Crippen molar-refractivity contribution < 1.29 is 17.9 Å². The van der Waals surface area contributed by atoms with Gasteiger partial charge in [0.2, 0.25) is 0 Å². The molecule has 0 saturated heterocycles. The van der Waals surface area contributed by atoms with Gasteiger partial charge in [-0.3, -0.25) is 0 Å². The van der Waals surface area contributed by atoms with E-state index >= 15 is 0 Å². The van der Waals surface area contributed by atoms with Crippen molar-refractivity contribution in [1.82, 2.24) is 14.3 Å². The molecule has 7 nitrogen and oxygen atoms in total. The normalized spacial score (nSPS) is 18.6. The van der Waals surface area contributed by atoms with E-state index in [-0.39, 0.29) is 17.5 Å². The van der Waals surface area contributed by atoms with Crippen molar-refractivity contribution in [1.29, 1.82) is 0 Å². The molecular formula is C13H17N3O4S. The number of hydrogen-bond donors (Lipinski definition) is 2. The van der Waals surface area contributed by atoms with Crippen molar-refractivity contribution in [3.63, 3.8) is 0 Å². The lowest BCUT2D eigenvalue weighted by atomic mass is 9.95. The van der Waals surface area contributed by atoms with Gasteiger partial charge in [-0.15, -0.1) is 0 Å². The maximum Gasteiger partial charge on any atom is 0.259 e. The van der Waals surface area contributed by atoms with Gasteiger partial charge in [-0.1, -0.05) is 0 Å². The smallest absolute Gasteiger partial charge is 0.259 e. The molecule has 0 spiro atoms. The first kappa shape index (κ1) is 14.3. The Morgan fingerprint density at radius 1 is 1.57 bits per heavy atom. The van der Waals surface area contributed by atoms with E-state index in [0.29, 0.717) is 5.76 Å². The molecular weight excluding hydrogens is 294 g/mol. The second-order valence-corrected chi connectivity index (χ2v) is 7.09. The van der Waals surface area contributed by atoms with E-state index in [4.69, 9.17) is 4.42 Å². The van der Waals surface area contributed by atoms with Crippen LogP contribution in [-0.2, 0) is 22.7 Å². The van der Waals surface area contributed by atoms with Crippen LogP contribution >= 0.6 is 0 Å². The average molecular weight is 311 g/mol. The average Bonchev–Trinajstić information content (AvgIpc) is 2.97. The molecule has 2 aromatic heterocycles. The fourth-order valence-corrected chi connectivity index (χ4v) is 3.37. The third-order valence-corrected chi connectivity index (χ3v) is 4.97. The Labute approximate surface area is 122 Å². The van der Waals surface area contributed by atoms with Crippen LogP contribution in [0.3, 0.4) is 0 Å². The third-order valence-electron chi connectivity index (χ3n) is 3.69. The van der Waals surface area contributed by atoms with Gasteiger partial charge in [-0.05, 0) is 30.9 Å². The predicted octanol–water partition coefficient (Wildman–Crippen LogP) is 0.589. The summed E-state index contributed by atoms with van der Waals surface area (Å²) in [7, 11) is -2.06. The SMILES string of the molecule is Cn1cnc(S(=O)(=O)NC[C@@](O)(c2ccco2)C2CC2)c1. The highest BCUT2D eigenvalue weighted by molar-refractivity contribution is 7.89. The molecule has 0 aromatic carbocycles. The molecule has 0 bridgehead atoms. The molecule has 0 amide bonds. The summed E-state index contributed by atoms with van der Waals surface area (Å²) >= 11 is 0. The van der Waals surface area contributed by atoms with E-state index in [0.717, 1.165) is 12.8 Å². The van der Waals surface area contributed by atoms with Gasteiger partial charge in [0, 0.05) is 19.8 Å². The van der Waals surface area contributed by atoms with E-state index in [1.807, 2.05) is 0 Å². The topological polar surface area (TPSA) is 97.4 Å². The van der Waals surface area contributed by atoms with Gasteiger partial charge in [0.25, 0.3) is 10.0 Å². The molecule has 0 radical (unpaired) electrons. The Morgan fingerprint density at radius 2 is 2.33 bits per heavy atom. The quantitative estimate of drug-likeness (QED) is 0.813. The number of hydrogen-bond acceptors (Lipinski definition) is 5. The number of nitrogens with zero attached hydrogens (tertiary/aromatic N) is 2. The van der Waals surface area contributed by atoms with Crippen LogP contribution in [0.15, 0.2) is 40.4 Å². The largest absolute Gasteiger partial charge is 0.466 e. The standard InChI is InChI=1S/C13H17N3O4S/c1-16-7-12(14-9-16)21(18,19)15-8-13(17,10-4-5-10)11-3-2-6-20-11/h2-3,6-7,9-10,15,17H,4-5,8H2,1H3/t13-/m0/s1. The van der Waals surface area contributed by atoms with Crippen LogP contribution in [0.5, 0.6) is 0 Å². The molecule has 0 aliphatic heterocycles.